The van der Waals surface area contributed by atoms with E-state index >= 15 is 0 Å². The highest BCUT2D eigenvalue weighted by molar-refractivity contribution is 5.93. The molecule has 0 aliphatic carbocycles. The number of tetrazole rings is 1. The van der Waals surface area contributed by atoms with E-state index in [1.165, 1.54) is 9.70 Å². The zero-order chi connectivity index (χ0) is 14.8. The van der Waals surface area contributed by atoms with E-state index in [9.17, 15) is 14.7 Å². The summed E-state index contributed by atoms with van der Waals surface area (Å²) in [7, 11) is 1.58. The fourth-order valence-electron chi connectivity index (χ4n) is 2.67. The first kappa shape index (κ1) is 14.2. The van der Waals surface area contributed by atoms with Crippen molar-refractivity contribution >= 4 is 17.9 Å². The van der Waals surface area contributed by atoms with E-state index in [1.54, 1.807) is 7.05 Å². The van der Waals surface area contributed by atoms with Crippen molar-refractivity contribution in [1.82, 2.24) is 25.1 Å². The molecule has 2 heterocycles. The number of carboxylic acid groups (broad SMARTS) is 1. The van der Waals surface area contributed by atoms with E-state index in [0.29, 0.717) is 32.2 Å². The Morgan fingerprint density at radius 2 is 2.25 bits per heavy atom. The van der Waals surface area contributed by atoms with E-state index in [0.717, 1.165) is 0 Å². The van der Waals surface area contributed by atoms with Gasteiger partial charge in [0.15, 0.2) is 0 Å². The van der Waals surface area contributed by atoms with Crippen LogP contribution in [-0.4, -0.2) is 54.3 Å². The lowest BCUT2D eigenvalue weighted by Gasteiger charge is -2.34. The Morgan fingerprint density at radius 3 is 2.80 bits per heavy atom. The monoisotopic (exact) mass is 282 g/mol. The summed E-state index contributed by atoms with van der Waals surface area (Å²) >= 11 is 0. The SMILES string of the molecule is CCCC1(C(=O)O)CCCN1C(=O)Nc1nnn(C)n1. The molecule has 0 bridgehead atoms. The Labute approximate surface area is 115 Å². The lowest BCUT2D eigenvalue weighted by Crippen LogP contribution is -2.54. The molecule has 9 heteroatoms. The first-order valence-corrected chi connectivity index (χ1v) is 6.55. The summed E-state index contributed by atoms with van der Waals surface area (Å²) in [5.41, 5.74) is -1.12. The summed E-state index contributed by atoms with van der Waals surface area (Å²) in [4.78, 5) is 26.5. The number of aryl methyl sites for hydroxylation is 1. The molecule has 1 aliphatic rings. The van der Waals surface area contributed by atoms with Crippen LogP contribution in [0, 0.1) is 0 Å². The topological polar surface area (TPSA) is 113 Å². The van der Waals surface area contributed by atoms with Gasteiger partial charge in [0, 0.05) is 6.54 Å². The van der Waals surface area contributed by atoms with Crippen molar-refractivity contribution in [2.75, 3.05) is 11.9 Å². The van der Waals surface area contributed by atoms with Crippen LogP contribution in [-0.2, 0) is 11.8 Å². The lowest BCUT2D eigenvalue weighted by molar-refractivity contribution is -0.148. The number of nitrogens with one attached hydrogen (secondary N) is 1. The highest BCUT2D eigenvalue weighted by atomic mass is 16.4. The van der Waals surface area contributed by atoms with Crippen molar-refractivity contribution in [2.24, 2.45) is 7.05 Å². The fourth-order valence-corrected chi connectivity index (χ4v) is 2.67. The number of anilines is 1. The minimum atomic E-state index is -1.12. The molecule has 1 aliphatic heterocycles. The van der Waals surface area contributed by atoms with Gasteiger partial charge in [0.1, 0.15) is 5.54 Å². The molecule has 20 heavy (non-hydrogen) atoms. The van der Waals surface area contributed by atoms with Gasteiger partial charge in [0.25, 0.3) is 5.95 Å². The van der Waals surface area contributed by atoms with Gasteiger partial charge in [-0.15, -0.1) is 5.10 Å². The molecule has 9 nitrogen and oxygen atoms in total. The van der Waals surface area contributed by atoms with Crippen LogP contribution in [0.1, 0.15) is 32.6 Å². The van der Waals surface area contributed by atoms with Crippen LogP contribution in [0.3, 0.4) is 0 Å². The van der Waals surface area contributed by atoms with E-state index in [1.807, 2.05) is 6.92 Å². The molecule has 1 atom stereocenters. The molecular formula is C11H18N6O3. The first-order chi connectivity index (χ1) is 9.49. The molecule has 0 radical (unpaired) electrons. The second-order valence-corrected chi connectivity index (χ2v) is 4.87. The number of carbonyl (C=O) groups excluding carboxylic acids is 1. The Bertz CT molecular complexity index is 516. The van der Waals surface area contributed by atoms with E-state index in [4.69, 9.17) is 0 Å². The van der Waals surface area contributed by atoms with Gasteiger partial charge >= 0.3 is 12.0 Å². The first-order valence-electron chi connectivity index (χ1n) is 6.55. The average Bonchev–Trinajstić information content (AvgIpc) is 2.97. The summed E-state index contributed by atoms with van der Waals surface area (Å²) in [6.45, 7) is 2.32. The molecule has 1 fully saturated rings. The number of likely N-dealkylation sites (tertiary alicyclic amines) is 1. The molecule has 1 aromatic heterocycles. The fraction of sp³-hybridized carbons (Fsp3) is 0.727. The van der Waals surface area contributed by atoms with Gasteiger partial charge in [0.05, 0.1) is 7.05 Å². The van der Waals surface area contributed by atoms with Crippen molar-refractivity contribution in [3.8, 4) is 0 Å². The average molecular weight is 282 g/mol. The number of rotatable bonds is 4. The maximum absolute atomic E-state index is 12.3. The van der Waals surface area contributed by atoms with Crippen LogP contribution >= 0.6 is 0 Å². The quantitative estimate of drug-likeness (QED) is 0.829. The Hall–Kier alpha value is -2.19. The van der Waals surface area contributed by atoms with Gasteiger partial charge in [-0.05, 0) is 24.5 Å². The van der Waals surface area contributed by atoms with E-state index in [-0.39, 0.29) is 5.95 Å². The number of aliphatic carboxylic acids is 1. The van der Waals surface area contributed by atoms with Gasteiger partial charge in [-0.1, -0.05) is 18.4 Å². The molecule has 0 saturated carbocycles. The number of carbonyl (C=O) groups is 2. The molecule has 1 unspecified atom stereocenters. The Balaban J connectivity index is 2.16. The van der Waals surface area contributed by atoms with Crippen LogP contribution < -0.4 is 5.32 Å². The van der Waals surface area contributed by atoms with E-state index in [2.05, 4.69) is 20.7 Å². The van der Waals surface area contributed by atoms with Gasteiger partial charge in [0.2, 0.25) is 0 Å². The summed E-state index contributed by atoms with van der Waals surface area (Å²) in [6, 6.07) is -0.494. The third-order valence-electron chi connectivity index (χ3n) is 3.52. The summed E-state index contributed by atoms with van der Waals surface area (Å²) in [5.74, 6) is -0.890. The molecule has 1 aromatic rings. The van der Waals surface area contributed by atoms with Crippen molar-refractivity contribution in [1.29, 1.82) is 0 Å². The minimum absolute atomic E-state index is 0.0696. The predicted molar refractivity (Wildman–Crippen MR) is 69.0 cm³/mol. The Kier molecular flexibility index (Phi) is 3.86. The van der Waals surface area contributed by atoms with Crippen LogP contribution in [0.5, 0.6) is 0 Å². The smallest absolute Gasteiger partial charge is 0.329 e. The largest absolute Gasteiger partial charge is 0.479 e. The van der Waals surface area contributed by atoms with Crippen molar-refractivity contribution in [3.63, 3.8) is 0 Å². The highest BCUT2D eigenvalue weighted by Crippen LogP contribution is 2.34. The van der Waals surface area contributed by atoms with Gasteiger partial charge in [-0.25, -0.2) is 9.59 Å². The molecule has 0 spiro atoms. The molecule has 1 saturated heterocycles. The number of hydrogen-bond donors (Lipinski definition) is 2. The molecule has 2 rings (SSSR count). The van der Waals surface area contributed by atoms with Crippen LogP contribution in [0.15, 0.2) is 0 Å². The maximum Gasteiger partial charge on any atom is 0.329 e. The summed E-state index contributed by atoms with van der Waals surface area (Å²) in [6.07, 6.45) is 2.27. The van der Waals surface area contributed by atoms with Gasteiger partial charge in [-0.2, -0.15) is 4.80 Å². The molecular weight excluding hydrogens is 264 g/mol. The van der Waals surface area contributed by atoms with Crippen molar-refractivity contribution in [2.45, 2.75) is 38.1 Å². The highest BCUT2D eigenvalue weighted by Gasteiger charge is 2.49. The zero-order valence-electron chi connectivity index (χ0n) is 11.5. The number of nitrogens with zero attached hydrogens (tertiary/aromatic N) is 5. The van der Waals surface area contributed by atoms with Crippen LogP contribution in [0.2, 0.25) is 0 Å². The molecule has 110 valence electrons. The third-order valence-corrected chi connectivity index (χ3v) is 3.52. The Morgan fingerprint density at radius 1 is 1.50 bits per heavy atom. The van der Waals surface area contributed by atoms with E-state index < -0.39 is 17.5 Å². The third kappa shape index (κ3) is 2.43. The molecule has 2 amide bonds. The van der Waals surface area contributed by atoms with Crippen molar-refractivity contribution < 1.29 is 14.7 Å². The second kappa shape index (κ2) is 5.43. The second-order valence-electron chi connectivity index (χ2n) is 4.87. The number of aromatic nitrogens is 4. The summed E-state index contributed by atoms with van der Waals surface area (Å²) in [5, 5.41) is 23.1. The standard InChI is InChI=1S/C11H18N6O3/c1-3-5-11(8(18)19)6-4-7-17(11)10(20)12-9-13-15-16(2)14-9/h3-7H2,1-2H3,(H,18,19)(H,12,14,20). The van der Waals surface area contributed by atoms with Crippen LogP contribution in [0.4, 0.5) is 10.7 Å². The van der Waals surface area contributed by atoms with Crippen molar-refractivity contribution in [3.05, 3.63) is 0 Å². The zero-order valence-corrected chi connectivity index (χ0v) is 11.5. The summed E-state index contributed by atoms with van der Waals surface area (Å²) < 4.78 is 0. The number of urea groups is 1. The normalized spacial score (nSPS) is 22.0. The molecule has 0 aromatic carbocycles. The molecule has 2 N–H and O–H groups in total. The number of carboxylic acids is 1. The predicted octanol–water partition coefficient (Wildman–Crippen LogP) is 0.461. The van der Waals surface area contributed by atoms with Gasteiger partial charge < -0.3 is 10.0 Å². The lowest BCUT2D eigenvalue weighted by atomic mass is 9.91. The number of amides is 2. The number of hydrogen-bond acceptors (Lipinski definition) is 5. The minimum Gasteiger partial charge on any atom is -0.479 e. The maximum atomic E-state index is 12.3. The van der Waals surface area contributed by atoms with Crippen LogP contribution in [0.25, 0.3) is 0 Å². The van der Waals surface area contributed by atoms with Gasteiger partial charge in [-0.3, -0.25) is 5.32 Å².